The van der Waals surface area contributed by atoms with Gasteiger partial charge in [-0.3, -0.25) is 14.5 Å². The summed E-state index contributed by atoms with van der Waals surface area (Å²) in [6.07, 6.45) is 0.777. The fourth-order valence-electron chi connectivity index (χ4n) is 3.22. The van der Waals surface area contributed by atoms with Crippen LogP contribution in [-0.4, -0.2) is 16.7 Å². The van der Waals surface area contributed by atoms with E-state index in [9.17, 15) is 9.59 Å². The van der Waals surface area contributed by atoms with Crippen LogP contribution < -0.4 is 0 Å². The Labute approximate surface area is 140 Å². The van der Waals surface area contributed by atoms with Crippen LogP contribution in [0.2, 0.25) is 5.02 Å². The zero-order valence-corrected chi connectivity index (χ0v) is 13.7. The summed E-state index contributed by atoms with van der Waals surface area (Å²) < 4.78 is 0. The van der Waals surface area contributed by atoms with Crippen molar-refractivity contribution in [1.29, 1.82) is 0 Å². The molecule has 0 spiro atoms. The molecule has 1 aliphatic heterocycles. The molecular formula is C19H18ClNO2. The van der Waals surface area contributed by atoms with E-state index >= 15 is 0 Å². The summed E-state index contributed by atoms with van der Waals surface area (Å²) in [5.41, 5.74) is 0.977. The largest absolute Gasteiger partial charge is 0.277 e. The minimum Gasteiger partial charge on any atom is -0.277 e. The van der Waals surface area contributed by atoms with Crippen LogP contribution in [0.3, 0.4) is 0 Å². The molecule has 0 radical (unpaired) electrons. The smallest absolute Gasteiger partial charge is 0.240 e. The van der Waals surface area contributed by atoms with Crippen molar-refractivity contribution in [3.05, 3.63) is 70.7 Å². The highest BCUT2D eigenvalue weighted by atomic mass is 35.5. The lowest BCUT2D eigenvalue weighted by molar-refractivity contribution is -0.140. The summed E-state index contributed by atoms with van der Waals surface area (Å²) >= 11 is 6.08. The Bertz CT molecular complexity index is 744. The molecule has 1 heterocycles. The molecule has 0 saturated carbocycles. The minimum absolute atomic E-state index is 0.124. The first-order chi connectivity index (χ1) is 11.1. The molecule has 1 fully saturated rings. The van der Waals surface area contributed by atoms with E-state index in [1.165, 1.54) is 4.90 Å². The van der Waals surface area contributed by atoms with Gasteiger partial charge >= 0.3 is 0 Å². The van der Waals surface area contributed by atoms with E-state index in [4.69, 9.17) is 11.6 Å². The van der Waals surface area contributed by atoms with Crippen LogP contribution in [0.5, 0.6) is 0 Å². The summed E-state index contributed by atoms with van der Waals surface area (Å²) in [4.78, 5) is 26.9. The number of rotatable bonds is 4. The molecule has 3 rings (SSSR count). The second kappa shape index (κ2) is 6.17. The number of imide groups is 1. The molecule has 23 heavy (non-hydrogen) atoms. The van der Waals surface area contributed by atoms with Crippen LogP contribution in [0.4, 0.5) is 0 Å². The Balaban J connectivity index is 1.95. The van der Waals surface area contributed by atoms with E-state index < -0.39 is 5.41 Å². The number of halogens is 1. The fourth-order valence-corrected chi connectivity index (χ4v) is 3.41. The molecule has 2 aromatic carbocycles. The molecule has 0 N–H and O–H groups in total. The van der Waals surface area contributed by atoms with Crippen LogP contribution in [0.25, 0.3) is 0 Å². The topological polar surface area (TPSA) is 37.4 Å². The van der Waals surface area contributed by atoms with Crippen molar-refractivity contribution < 1.29 is 9.59 Å². The highest BCUT2D eigenvalue weighted by Gasteiger charge is 2.51. The maximum Gasteiger partial charge on any atom is 0.240 e. The van der Waals surface area contributed by atoms with Gasteiger partial charge in [0.1, 0.15) is 0 Å². The maximum absolute atomic E-state index is 13.0. The zero-order valence-electron chi connectivity index (χ0n) is 13.0. The van der Waals surface area contributed by atoms with Crippen molar-refractivity contribution in [2.75, 3.05) is 0 Å². The van der Waals surface area contributed by atoms with E-state index in [0.29, 0.717) is 18.0 Å². The lowest BCUT2D eigenvalue weighted by Gasteiger charge is -2.26. The van der Waals surface area contributed by atoms with E-state index in [1.54, 1.807) is 12.1 Å². The zero-order chi connectivity index (χ0) is 16.4. The average Bonchev–Trinajstić information content (AvgIpc) is 2.81. The van der Waals surface area contributed by atoms with Crippen molar-refractivity contribution in [2.24, 2.45) is 0 Å². The van der Waals surface area contributed by atoms with E-state index in [1.807, 2.05) is 49.4 Å². The first-order valence-electron chi connectivity index (χ1n) is 7.71. The SMILES string of the molecule is CC[C@]1(c2cccc(Cl)c2)CC(=O)N(Cc2ccccc2)C1=O. The van der Waals surface area contributed by atoms with Crippen LogP contribution in [0.1, 0.15) is 30.9 Å². The first-order valence-corrected chi connectivity index (χ1v) is 8.09. The lowest BCUT2D eigenvalue weighted by Crippen LogP contribution is -2.37. The number of amides is 2. The van der Waals surface area contributed by atoms with E-state index in [2.05, 4.69) is 0 Å². The summed E-state index contributed by atoms with van der Waals surface area (Å²) in [5, 5.41) is 0.581. The highest BCUT2D eigenvalue weighted by Crippen LogP contribution is 2.40. The molecule has 0 aromatic heterocycles. The molecule has 0 unspecified atom stereocenters. The van der Waals surface area contributed by atoms with Crippen molar-refractivity contribution in [1.82, 2.24) is 4.90 Å². The van der Waals surface area contributed by atoms with Gasteiger partial charge in [0, 0.05) is 11.4 Å². The number of carbonyl (C=O) groups excluding carboxylic acids is 2. The van der Waals surface area contributed by atoms with Gasteiger partial charge in [0.2, 0.25) is 11.8 Å². The molecule has 4 heteroatoms. The highest BCUT2D eigenvalue weighted by molar-refractivity contribution is 6.30. The number of benzene rings is 2. The summed E-state index contributed by atoms with van der Waals surface area (Å²) in [6.45, 7) is 2.26. The molecule has 0 bridgehead atoms. The van der Waals surface area contributed by atoms with Crippen molar-refractivity contribution in [3.8, 4) is 0 Å². The Morgan fingerprint density at radius 2 is 1.83 bits per heavy atom. The Kier molecular flexibility index (Phi) is 4.22. The second-order valence-corrected chi connectivity index (χ2v) is 6.33. The van der Waals surface area contributed by atoms with Gasteiger partial charge in [0.05, 0.1) is 12.0 Å². The lowest BCUT2D eigenvalue weighted by atomic mass is 9.76. The van der Waals surface area contributed by atoms with E-state index in [-0.39, 0.29) is 18.2 Å². The summed E-state index contributed by atoms with van der Waals surface area (Å²) in [6, 6.07) is 16.9. The maximum atomic E-state index is 13.0. The van der Waals surface area contributed by atoms with Gasteiger partial charge in [-0.1, -0.05) is 61.0 Å². The number of carbonyl (C=O) groups is 2. The Morgan fingerprint density at radius 1 is 1.09 bits per heavy atom. The molecule has 1 saturated heterocycles. The van der Waals surface area contributed by atoms with E-state index in [0.717, 1.165) is 11.1 Å². The molecule has 2 aromatic rings. The van der Waals surface area contributed by atoms with Crippen LogP contribution in [0, 0.1) is 0 Å². The van der Waals surface area contributed by atoms with Gasteiger partial charge in [0.15, 0.2) is 0 Å². The molecule has 3 nitrogen and oxygen atoms in total. The number of hydrogen-bond acceptors (Lipinski definition) is 2. The third-order valence-electron chi connectivity index (χ3n) is 4.57. The summed E-state index contributed by atoms with van der Waals surface area (Å²) in [7, 11) is 0. The van der Waals surface area contributed by atoms with Crippen LogP contribution >= 0.6 is 11.6 Å². The normalized spacial score (nSPS) is 21.0. The van der Waals surface area contributed by atoms with Gasteiger partial charge in [-0.25, -0.2) is 0 Å². The fraction of sp³-hybridized carbons (Fsp3) is 0.263. The second-order valence-electron chi connectivity index (χ2n) is 5.89. The predicted octanol–water partition coefficient (Wildman–Crippen LogP) is 3.95. The minimum atomic E-state index is -0.795. The van der Waals surface area contributed by atoms with Gasteiger partial charge in [-0.15, -0.1) is 0 Å². The molecule has 2 amide bonds. The molecular weight excluding hydrogens is 310 g/mol. The van der Waals surface area contributed by atoms with Gasteiger partial charge in [-0.05, 0) is 29.7 Å². The molecule has 1 atom stereocenters. The predicted molar refractivity (Wildman–Crippen MR) is 90.0 cm³/mol. The Morgan fingerprint density at radius 3 is 2.48 bits per heavy atom. The standard InChI is InChI=1S/C19H18ClNO2/c1-2-19(15-9-6-10-16(20)11-15)12-17(22)21(18(19)23)13-14-7-4-3-5-8-14/h3-11H,2,12-13H2,1H3/t19-/m1/s1. The van der Waals surface area contributed by atoms with Gasteiger partial charge in [0.25, 0.3) is 0 Å². The first kappa shape index (κ1) is 15.8. The van der Waals surface area contributed by atoms with Crippen molar-refractivity contribution >= 4 is 23.4 Å². The summed E-state index contributed by atoms with van der Waals surface area (Å²) in [5.74, 6) is -0.253. The quantitative estimate of drug-likeness (QED) is 0.797. The third-order valence-corrected chi connectivity index (χ3v) is 4.81. The Hall–Kier alpha value is -2.13. The van der Waals surface area contributed by atoms with Crippen molar-refractivity contribution in [3.63, 3.8) is 0 Å². The van der Waals surface area contributed by atoms with Crippen LogP contribution in [0.15, 0.2) is 54.6 Å². The number of hydrogen-bond donors (Lipinski definition) is 0. The van der Waals surface area contributed by atoms with Gasteiger partial charge in [-0.2, -0.15) is 0 Å². The third kappa shape index (κ3) is 2.77. The molecule has 1 aliphatic rings. The molecule has 0 aliphatic carbocycles. The molecule has 118 valence electrons. The van der Waals surface area contributed by atoms with Gasteiger partial charge < -0.3 is 0 Å². The average molecular weight is 328 g/mol. The number of nitrogens with zero attached hydrogens (tertiary/aromatic N) is 1. The van der Waals surface area contributed by atoms with Crippen LogP contribution in [-0.2, 0) is 21.5 Å². The monoisotopic (exact) mass is 327 g/mol. The number of likely N-dealkylation sites (tertiary alicyclic amines) is 1. The van der Waals surface area contributed by atoms with Crippen molar-refractivity contribution in [2.45, 2.75) is 31.7 Å².